The lowest BCUT2D eigenvalue weighted by atomic mass is 9.98. The largest absolute Gasteiger partial charge is 0.494 e. The summed E-state index contributed by atoms with van der Waals surface area (Å²) in [6.45, 7) is 3.97. The van der Waals surface area contributed by atoms with E-state index in [1.807, 2.05) is 13.0 Å². The van der Waals surface area contributed by atoms with E-state index >= 15 is 0 Å². The van der Waals surface area contributed by atoms with Crippen LogP contribution >= 0.6 is 0 Å². The molecule has 0 saturated heterocycles. The van der Waals surface area contributed by atoms with E-state index in [2.05, 4.69) is 10.4 Å². The van der Waals surface area contributed by atoms with E-state index in [0.29, 0.717) is 23.7 Å². The predicted octanol–water partition coefficient (Wildman–Crippen LogP) is 2.63. The minimum Gasteiger partial charge on any atom is -0.494 e. The molecule has 0 fully saturated rings. The number of nitrogens with zero attached hydrogens (tertiary/aromatic N) is 2. The van der Waals surface area contributed by atoms with Crippen LogP contribution in [0, 0.1) is 5.92 Å². The number of benzene rings is 2. The summed E-state index contributed by atoms with van der Waals surface area (Å²) in [5.74, 6) is -2.79. The molecule has 0 unspecified atom stereocenters. The number of nitrogens with one attached hydrogen (secondary N) is 1. The number of hydrogen-bond donors (Lipinski definition) is 1. The highest BCUT2D eigenvalue weighted by molar-refractivity contribution is 6.50. The maximum atomic E-state index is 12.6. The van der Waals surface area contributed by atoms with Crippen LogP contribution in [0.25, 0.3) is 0 Å². The number of hydrazone groups is 1. The van der Waals surface area contributed by atoms with Crippen molar-refractivity contribution in [3.63, 3.8) is 0 Å². The first-order valence-electron chi connectivity index (χ1n) is 8.53. The van der Waals surface area contributed by atoms with Gasteiger partial charge in [-0.25, -0.2) is 0 Å². The lowest BCUT2D eigenvalue weighted by molar-refractivity contribution is -0.138. The van der Waals surface area contributed by atoms with E-state index in [-0.39, 0.29) is 5.71 Å². The van der Waals surface area contributed by atoms with Gasteiger partial charge in [0.15, 0.2) is 0 Å². The summed E-state index contributed by atoms with van der Waals surface area (Å²) in [5.41, 5.74) is 1.27. The standard InChI is InChI=1S/C20H19N3O4/c1-3-27-16-11-9-14(10-12-16)21-19(25)18(24)17-13(2)22-23(20(17)26)15-7-5-4-6-8-15/h4-12,17H,3H2,1-2H3,(H,21,25)/t17-/m0/s1. The molecule has 1 aliphatic heterocycles. The Hall–Kier alpha value is -3.48. The Morgan fingerprint density at radius 2 is 1.78 bits per heavy atom. The van der Waals surface area contributed by atoms with E-state index in [1.54, 1.807) is 55.5 Å². The third-order valence-electron chi connectivity index (χ3n) is 4.04. The van der Waals surface area contributed by atoms with Gasteiger partial charge in [0.1, 0.15) is 11.7 Å². The molecule has 2 aromatic carbocycles. The van der Waals surface area contributed by atoms with Crippen LogP contribution in [0.15, 0.2) is 59.7 Å². The summed E-state index contributed by atoms with van der Waals surface area (Å²) in [6.07, 6.45) is 0. The topological polar surface area (TPSA) is 88.1 Å². The minimum atomic E-state index is -1.21. The van der Waals surface area contributed by atoms with Crippen molar-refractivity contribution in [1.82, 2.24) is 0 Å². The molecular formula is C20H19N3O4. The van der Waals surface area contributed by atoms with Gasteiger partial charge in [-0.3, -0.25) is 14.4 Å². The van der Waals surface area contributed by atoms with Crippen LogP contribution < -0.4 is 15.1 Å². The van der Waals surface area contributed by atoms with Crippen molar-refractivity contribution in [2.24, 2.45) is 11.0 Å². The molecule has 0 radical (unpaired) electrons. The Morgan fingerprint density at radius 3 is 2.41 bits per heavy atom. The Balaban J connectivity index is 1.70. The van der Waals surface area contributed by atoms with E-state index in [4.69, 9.17) is 4.74 Å². The second-order valence-electron chi connectivity index (χ2n) is 5.94. The molecule has 1 aliphatic rings. The van der Waals surface area contributed by atoms with Gasteiger partial charge < -0.3 is 10.1 Å². The van der Waals surface area contributed by atoms with Crippen molar-refractivity contribution < 1.29 is 19.1 Å². The highest BCUT2D eigenvalue weighted by Crippen LogP contribution is 2.24. The van der Waals surface area contributed by atoms with Crippen LogP contribution in [-0.4, -0.2) is 29.9 Å². The van der Waals surface area contributed by atoms with Crippen molar-refractivity contribution in [2.75, 3.05) is 16.9 Å². The minimum absolute atomic E-state index is 0.288. The Morgan fingerprint density at radius 1 is 1.11 bits per heavy atom. The van der Waals surface area contributed by atoms with Gasteiger partial charge in [-0.1, -0.05) is 18.2 Å². The van der Waals surface area contributed by atoms with Gasteiger partial charge in [0.25, 0.3) is 11.8 Å². The number of rotatable bonds is 6. The van der Waals surface area contributed by atoms with Gasteiger partial charge >= 0.3 is 0 Å². The summed E-state index contributed by atoms with van der Waals surface area (Å²) in [4.78, 5) is 37.5. The van der Waals surface area contributed by atoms with Gasteiger partial charge in [-0.15, -0.1) is 0 Å². The smallest absolute Gasteiger partial charge is 0.293 e. The Kier molecular flexibility index (Phi) is 5.30. The highest BCUT2D eigenvalue weighted by atomic mass is 16.5. The van der Waals surface area contributed by atoms with E-state index in [0.717, 1.165) is 5.01 Å². The molecule has 0 aromatic heterocycles. The molecule has 138 valence electrons. The number of ketones is 1. The molecule has 0 aliphatic carbocycles. The van der Waals surface area contributed by atoms with Crippen LogP contribution in [0.4, 0.5) is 11.4 Å². The number of carbonyl (C=O) groups is 3. The summed E-state index contributed by atoms with van der Waals surface area (Å²) in [5, 5.41) is 7.82. The zero-order valence-electron chi connectivity index (χ0n) is 15.0. The highest BCUT2D eigenvalue weighted by Gasteiger charge is 2.42. The number of para-hydroxylation sites is 1. The van der Waals surface area contributed by atoms with Crippen molar-refractivity contribution in [1.29, 1.82) is 0 Å². The van der Waals surface area contributed by atoms with Crippen LogP contribution in [-0.2, 0) is 14.4 Å². The molecule has 0 bridgehead atoms. The maximum absolute atomic E-state index is 12.6. The van der Waals surface area contributed by atoms with Crippen LogP contribution in [0.5, 0.6) is 5.75 Å². The molecule has 3 rings (SSSR count). The zero-order valence-corrected chi connectivity index (χ0v) is 15.0. The van der Waals surface area contributed by atoms with E-state index in [1.165, 1.54) is 0 Å². The van der Waals surface area contributed by atoms with Crippen molar-refractivity contribution in [3.8, 4) is 5.75 Å². The molecule has 7 nitrogen and oxygen atoms in total. The summed E-state index contributed by atoms with van der Waals surface area (Å²) in [6, 6.07) is 15.4. The first kappa shape index (κ1) is 18.3. The first-order valence-corrected chi connectivity index (χ1v) is 8.53. The Labute approximate surface area is 156 Å². The molecule has 1 heterocycles. The monoisotopic (exact) mass is 365 g/mol. The van der Waals surface area contributed by atoms with Crippen molar-refractivity contribution in [3.05, 3.63) is 54.6 Å². The zero-order chi connectivity index (χ0) is 19.4. The molecule has 27 heavy (non-hydrogen) atoms. The molecule has 2 aromatic rings. The average Bonchev–Trinajstić information content (AvgIpc) is 2.98. The number of amides is 2. The fourth-order valence-corrected chi connectivity index (χ4v) is 2.75. The van der Waals surface area contributed by atoms with Gasteiger partial charge in [0.05, 0.1) is 18.0 Å². The number of carbonyl (C=O) groups excluding carboxylic acids is 3. The molecule has 0 saturated carbocycles. The number of hydrogen-bond acceptors (Lipinski definition) is 5. The number of Topliss-reactive ketones (excluding diaryl/α,β-unsaturated/α-hetero) is 1. The summed E-state index contributed by atoms with van der Waals surface area (Å²) < 4.78 is 5.33. The molecule has 2 amide bonds. The maximum Gasteiger partial charge on any atom is 0.293 e. The fourth-order valence-electron chi connectivity index (χ4n) is 2.75. The van der Waals surface area contributed by atoms with Crippen molar-refractivity contribution in [2.45, 2.75) is 13.8 Å². The van der Waals surface area contributed by atoms with Crippen molar-refractivity contribution >= 4 is 34.7 Å². The summed E-state index contributed by atoms with van der Waals surface area (Å²) >= 11 is 0. The second-order valence-corrected chi connectivity index (χ2v) is 5.94. The Bertz CT molecular complexity index is 891. The third kappa shape index (κ3) is 3.87. The molecule has 1 atom stereocenters. The van der Waals surface area contributed by atoms with Gasteiger partial charge in [-0.05, 0) is 50.2 Å². The van der Waals surface area contributed by atoms with Gasteiger partial charge in [0, 0.05) is 5.69 Å². The quantitative estimate of drug-likeness (QED) is 0.630. The van der Waals surface area contributed by atoms with Gasteiger partial charge in [-0.2, -0.15) is 10.1 Å². The predicted molar refractivity (Wildman–Crippen MR) is 102 cm³/mol. The SMILES string of the molecule is CCOc1ccc(NC(=O)C(=O)[C@H]2C(=O)N(c3ccccc3)N=C2C)cc1. The van der Waals surface area contributed by atoms with E-state index < -0.39 is 23.5 Å². The number of ether oxygens (including phenoxy) is 1. The summed E-state index contributed by atoms with van der Waals surface area (Å²) in [7, 11) is 0. The lowest BCUT2D eigenvalue weighted by Gasteiger charge is -2.13. The van der Waals surface area contributed by atoms with Gasteiger partial charge in [0.2, 0.25) is 5.78 Å². The second kappa shape index (κ2) is 7.82. The molecule has 1 N–H and O–H groups in total. The molecule has 0 spiro atoms. The normalized spacial score (nSPS) is 16.1. The van der Waals surface area contributed by atoms with Crippen LogP contribution in [0.3, 0.4) is 0 Å². The fraction of sp³-hybridized carbons (Fsp3) is 0.200. The first-order chi connectivity index (χ1) is 13.0. The number of anilines is 2. The van der Waals surface area contributed by atoms with Crippen LogP contribution in [0.2, 0.25) is 0 Å². The van der Waals surface area contributed by atoms with E-state index in [9.17, 15) is 14.4 Å². The average molecular weight is 365 g/mol. The lowest BCUT2D eigenvalue weighted by Crippen LogP contribution is -2.38. The molecular weight excluding hydrogens is 346 g/mol. The van der Waals surface area contributed by atoms with Crippen LogP contribution in [0.1, 0.15) is 13.8 Å². The molecule has 7 heteroatoms. The third-order valence-corrected chi connectivity index (χ3v) is 4.04.